The summed E-state index contributed by atoms with van der Waals surface area (Å²) in [5.74, 6) is -0.344. The lowest BCUT2D eigenvalue weighted by Crippen LogP contribution is -2.13. The normalized spacial score (nSPS) is 15.7. The number of pyridine rings is 1. The van der Waals surface area contributed by atoms with Gasteiger partial charge in [0.15, 0.2) is 17.1 Å². The number of hydrogen-bond donors (Lipinski definition) is 1. The number of aryl methyl sites for hydroxylation is 2. The molecule has 1 fully saturated rings. The molecule has 6 nitrogen and oxygen atoms in total. The smallest absolute Gasteiger partial charge is 0.173 e. The molecule has 1 aliphatic rings. The van der Waals surface area contributed by atoms with Crippen LogP contribution in [0.5, 0.6) is 0 Å². The van der Waals surface area contributed by atoms with E-state index in [9.17, 15) is 4.39 Å². The minimum atomic E-state index is -0.344. The minimum Gasteiger partial charge on any atom is -0.330 e. The first kappa shape index (κ1) is 16.4. The van der Waals surface area contributed by atoms with Gasteiger partial charge < -0.3 is 10.1 Å². The molecule has 4 heterocycles. The number of nitrogens with two attached hydrogens (primary N) is 1. The van der Waals surface area contributed by atoms with Crippen LogP contribution in [0.25, 0.3) is 22.6 Å². The van der Waals surface area contributed by atoms with Crippen molar-refractivity contribution in [3.8, 4) is 11.3 Å². The molecule has 0 bridgehead atoms. The van der Waals surface area contributed by atoms with Gasteiger partial charge in [-0.15, -0.1) is 0 Å². The van der Waals surface area contributed by atoms with Crippen LogP contribution in [0.4, 0.5) is 4.39 Å². The maximum atomic E-state index is 14.8. The Morgan fingerprint density at radius 3 is 2.67 bits per heavy atom. The van der Waals surface area contributed by atoms with E-state index < -0.39 is 0 Å². The van der Waals surface area contributed by atoms with Crippen LogP contribution < -0.4 is 5.73 Å². The largest absolute Gasteiger partial charge is 0.330 e. The Labute approximate surface area is 155 Å². The quantitative estimate of drug-likeness (QED) is 0.604. The number of nitrogens with zero attached hydrogens (tertiary/aromatic N) is 5. The average molecular weight is 364 g/mol. The molecule has 2 N–H and O–H groups in total. The fourth-order valence-electron chi connectivity index (χ4n) is 3.90. The SMILES string of the molecule is Cc1cn2nc(-c3cc(F)c4nc(C5(CCN)CC5)cn4c3)cc(C)c2n1. The summed E-state index contributed by atoms with van der Waals surface area (Å²) in [5, 5.41) is 4.61. The van der Waals surface area contributed by atoms with Gasteiger partial charge in [-0.1, -0.05) is 0 Å². The van der Waals surface area contributed by atoms with Crippen LogP contribution in [0.1, 0.15) is 36.2 Å². The van der Waals surface area contributed by atoms with Gasteiger partial charge in [-0.25, -0.2) is 18.9 Å². The fraction of sp³-hybridized carbons (Fsp3) is 0.350. The highest BCUT2D eigenvalue weighted by Crippen LogP contribution is 2.50. The van der Waals surface area contributed by atoms with Crippen molar-refractivity contribution in [3.63, 3.8) is 0 Å². The molecule has 0 radical (unpaired) electrons. The molecule has 138 valence electrons. The zero-order valence-electron chi connectivity index (χ0n) is 15.4. The monoisotopic (exact) mass is 364 g/mol. The van der Waals surface area contributed by atoms with E-state index in [2.05, 4.69) is 15.1 Å². The van der Waals surface area contributed by atoms with E-state index >= 15 is 0 Å². The first-order valence-electron chi connectivity index (χ1n) is 9.22. The van der Waals surface area contributed by atoms with E-state index in [-0.39, 0.29) is 11.2 Å². The second kappa shape index (κ2) is 5.60. The van der Waals surface area contributed by atoms with Crippen molar-refractivity contribution in [2.75, 3.05) is 6.54 Å². The third-order valence-corrected chi connectivity index (χ3v) is 5.55. The third-order valence-electron chi connectivity index (χ3n) is 5.55. The van der Waals surface area contributed by atoms with E-state index in [4.69, 9.17) is 5.73 Å². The molecular weight excluding hydrogens is 343 g/mol. The molecule has 7 heteroatoms. The van der Waals surface area contributed by atoms with Gasteiger partial charge in [0.25, 0.3) is 0 Å². The van der Waals surface area contributed by atoms with E-state index in [1.165, 1.54) is 6.07 Å². The van der Waals surface area contributed by atoms with Gasteiger partial charge >= 0.3 is 0 Å². The highest BCUT2D eigenvalue weighted by molar-refractivity contribution is 5.64. The summed E-state index contributed by atoms with van der Waals surface area (Å²) < 4.78 is 18.3. The summed E-state index contributed by atoms with van der Waals surface area (Å²) in [4.78, 5) is 9.04. The van der Waals surface area contributed by atoms with Crippen LogP contribution in [0.2, 0.25) is 0 Å². The minimum absolute atomic E-state index is 0.0372. The van der Waals surface area contributed by atoms with Gasteiger partial charge in [0.1, 0.15) is 0 Å². The highest BCUT2D eigenvalue weighted by atomic mass is 19.1. The summed E-state index contributed by atoms with van der Waals surface area (Å²) in [6.45, 7) is 4.54. The predicted molar refractivity (Wildman–Crippen MR) is 101 cm³/mol. The highest BCUT2D eigenvalue weighted by Gasteiger charge is 2.45. The maximum absolute atomic E-state index is 14.8. The topological polar surface area (TPSA) is 73.5 Å². The average Bonchev–Trinajstić information content (AvgIpc) is 3.10. The van der Waals surface area contributed by atoms with Gasteiger partial charge in [0.05, 0.1) is 23.3 Å². The van der Waals surface area contributed by atoms with Crippen molar-refractivity contribution in [2.45, 2.75) is 38.5 Å². The Morgan fingerprint density at radius 2 is 1.93 bits per heavy atom. The van der Waals surface area contributed by atoms with Crippen LogP contribution >= 0.6 is 0 Å². The molecule has 0 atom stereocenters. The lowest BCUT2D eigenvalue weighted by Gasteiger charge is -2.09. The van der Waals surface area contributed by atoms with Gasteiger partial charge in [-0.05, 0) is 57.4 Å². The molecule has 0 amide bonds. The number of aromatic nitrogens is 5. The Balaban J connectivity index is 1.64. The molecule has 0 aromatic carbocycles. The van der Waals surface area contributed by atoms with Crippen LogP contribution in [0.15, 0.2) is 30.7 Å². The zero-order chi connectivity index (χ0) is 18.8. The summed E-state index contributed by atoms with van der Waals surface area (Å²) >= 11 is 0. The lowest BCUT2D eigenvalue weighted by molar-refractivity contribution is 0.611. The Hall–Kier alpha value is -2.80. The first-order valence-corrected chi connectivity index (χ1v) is 9.22. The van der Waals surface area contributed by atoms with Crippen LogP contribution in [0, 0.1) is 19.7 Å². The van der Waals surface area contributed by atoms with E-state index in [1.807, 2.05) is 38.5 Å². The molecule has 27 heavy (non-hydrogen) atoms. The van der Waals surface area contributed by atoms with Crippen molar-refractivity contribution in [1.82, 2.24) is 24.0 Å². The number of imidazole rings is 2. The van der Waals surface area contributed by atoms with Gasteiger partial charge in [-0.2, -0.15) is 5.10 Å². The molecule has 1 aliphatic carbocycles. The maximum Gasteiger partial charge on any atom is 0.173 e. The molecule has 5 rings (SSSR count). The fourth-order valence-corrected chi connectivity index (χ4v) is 3.90. The summed E-state index contributed by atoms with van der Waals surface area (Å²) in [6.07, 6.45) is 8.74. The van der Waals surface area contributed by atoms with Crippen LogP contribution in [-0.4, -0.2) is 30.5 Å². The molecule has 4 aromatic heterocycles. The van der Waals surface area contributed by atoms with Gasteiger partial charge in [0, 0.05) is 23.4 Å². The molecule has 0 saturated heterocycles. The van der Waals surface area contributed by atoms with Crippen LogP contribution in [-0.2, 0) is 5.41 Å². The predicted octanol–water partition coefficient (Wildman–Crippen LogP) is 3.18. The Morgan fingerprint density at radius 1 is 1.11 bits per heavy atom. The van der Waals surface area contributed by atoms with Crippen molar-refractivity contribution >= 4 is 11.3 Å². The summed E-state index contributed by atoms with van der Waals surface area (Å²) in [5.41, 5.74) is 11.2. The van der Waals surface area contributed by atoms with E-state index in [1.54, 1.807) is 8.92 Å². The van der Waals surface area contributed by atoms with Crippen molar-refractivity contribution in [3.05, 3.63) is 53.5 Å². The summed E-state index contributed by atoms with van der Waals surface area (Å²) in [7, 11) is 0. The van der Waals surface area contributed by atoms with Crippen molar-refractivity contribution < 1.29 is 4.39 Å². The third kappa shape index (κ3) is 2.53. The second-order valence-electron chi connectivity index (χ2n) is 7.62. The van der Waals surface area contributed by atoms with Crippen molar-refractivity contribution in [1.29, 1.82) is 0 Å². The molecule has 0 unspecified atom stereocenters. The Bertz CT molecular complexity index is 1180. The van der Waals surface area contributed by atoms with Gasteiger partial charge in [-0.3, -0.25) is 0 Å². The Kier molecular flexibility index (Phi) is 3.40. The first-order chi connectivity index (χ1) is 13.0. The number of halogens is 1. The summed E-state index contributed by atoms with van der Waals surface area (Å²) in [6, 6.07) is 3.45. The molecular formula is C20H21FN6. The zero-order valence-corrected chi connectivity index (χ0v) is 15.4. The van der Waals surface area contributed by atoms with Crippen LogP contribution in [0.3, 0.4) is 0 Å². The van der Waals surface area contributed by atoms with Crippen molar-refractivity contribution in [2.24, 2.45) is 5.73 Å². The van der Waals surface area contributed by atoms with Gasteiger partial charge in [0.2, 0.25) is 0 Å². The standard InChI is InChI=1S/C20H21FN6/c1-12-7-16(25-27-9-13(2)23-18(12)27)14-8-15(21)19-24-17(11-26(19)10-14)20(3-4-20)5-6-22/h7-11H,3-6,22H2,1-2H3. The molecule has 0 spiro atoms. The molecule has 4 aromatic rings. The lowest BCUT2D eigenvalue weighted by atomic mass is 9.99. The number of hydrogen-bond acceptors (Lipinski definition) is 4. The van der Waals surface area contributed by atoms with E-state index in [0.29, 0.717) is 23.4 Å². The number of rotatable bonds is 4. The molecule has 1 saturated carbocycles. The second-order valence-corrected chi connectivity index (χ2v) is 7.62. The van der Waals surface area contributed by atoms with E-state index in [0.717, 1.165) is 41.9 Å². The molecule has 0 aliphatic heterocycles. The number of fused-ring (bicyclic) bond motifs is 2.